The van der Waals surface area contributed by atoms with Crippen molar-refractivity contribution < 1.29 is 18.3 Å². The zero-order chi connectivity index (χ0) is 19.2. The van der Waals surface area contributed by atoms with Gasteiger partial charge in [-0.25, -0.2) is 18.7 Å². The largest absolute Gasteiger partial charge is 0.490 e. The molecule has 3 rings (SSSR count). The molecule has 2 aromatic heterocycles. The quantitative estimate of drug-likeness (QED) is 0.614. The molecule has 0 radical (unpaired) electrons. The number of pyridine rings is 1. The fraction of sp³-hybridized carbons (Fsp3) is 0.222. The SMILES string of the molecule is N#CCCCOc1cccnc1NC(=O)c1ccc2nc(C(F)F)[nH]c2c1. The number of unbranched alkanes of at least 4 members (excludes halogenated alkanes) is 1. The Morgan fingerprint density at radius 1 is 1.37 bits per heavy atom. The highest BCUT2D eigenvalue weighted by Crippen LogP contribution is 2.24. The smallest absolute Gasteiger partial charge is 0.295 e. The first-order valence-electron chi connectivity index (χ1n) is 8.12. The van der Waals surface area contributed by atoms with Crippen LogP contribution >= 0.6 is 0 Å². The molecule has 0 aliphatic rings. The van der Waals surface area contributed by atoms with Crippen LogP contribution in [0, 0.1) is 11.3 Å². The molecule has 9 heteroatoms. The highest BCUT2D eigenvalue weighted by atomic mass is 19.3. The van der Waals surface area contributed by atoms with Gasteiger partial charge >= 0.3 is 0 Å². The van der Waals surface area contributed by atoms with Crippen molar-refractivity contribution in [3.63, 3.8) is 0 Å². The first kappa shape index (κ1) is 18.3. The van der Waals surface area contributed by atoms with Crippen molar-refractivity contribution in [3.8, 4) is 11.8 Å². The van der Waals surface area contributed by atoms with Crippen LogP contribution < -0.4 is 10.1 Å². The third-order valence-corrected chi connectivity index (χ3v) is 3.66. The van der Waals surface area contributed by atoms with E-state index in [0.717, 1.165) is 0 Å². The molecule has 0 spiro atoms. The van der Waals surface area contributed by atoms with Crippen LogP contribution in [-0.2, 0) is 0 Å². The summed E-state index contributed by atoms with van der Waals surface area (Å²) >= 11 is 0. The van der Waals surface area contributed by atoms with E-state index in [4.69, 9.17) is 10.00 Å². The normalized spacial score (nSPS) is 10.7. The van der Waals surface area contributed by atoms with Crippen LogP contribution in [0.3, 0.4) is 0 Å². The number of aromatic amines is 1. The number of benzene rings is 1. The molecule has 2 N–H and O–H groups in total. The molecule has 3 aromatic rings. The Morgan fingerprint density at radius 3 is 3.00 bits per heavy atom. The van der Waals surface area contributed by atoms with Gasteiger partial charge in [-0.15, -0.1) is 0 Å². The Bertz CT molecular complexity index is 997. The highest BCUT2D eigenvalue weighted by molar-refractivity contribution is 6.06. The van der Waals surface area contributed by atoms with E-state index in [1.54, 1.807) is 12.1 Å². The number of nitrogens with one attached hydrogen (secondary N) is 2. The number of halogens is 2. The number of imidazole rings is 1. The number of alkyl halides is 2. The molecule has 0 saturated carbocycles. The van der Waals surface area contributed by atoms with E-state index in [-0.39, 0.29) is 11.4 Å². The molecule has 0 aliphatic heterocycles. The Kier molecular flexibility index (Phi) is 5.56. The number of aromatic nitrogens is 3. The summed E-state index contributed by atoms with van der Waals surface area (Å²) in [6, 6.07) is 9.77. The molecule has 1 amide bonds. The lowest BCUT2D eigenvalue weighted by atomic mass is 10.2. The fourth-order valence-electron chi connectivity index (χ4n) is 2.39. The second-order valence-corrected chi connectivity index (χ2v) is 5.57. The number of carbonyl (C=O) groups excluding carboxylic acids is 1. The second-order valence-electron chi connectivity index (χ2n) is 5.57. The van der Waals surface area contributed by atoms with Crippen molar-refractivity contribution in [2.75, 3.05) is 11.9 Å². The number of carbonyl (C=O) groups is 1. The second kappa shape index (κ2) is 8.23. The molecule has 27 heavy (non-hydrogen) atoms. The Labute approximate surface area is 153 Å². The van der Waals surface area contributed by atoms with Crippen molar-refractivity contribution in [2.45, 2.75) is 19.3 Å². The monoisotopic (exact) mass is 371 g/mol. The van der Waals surface area contributed by atoms with Crippen molar-refractivity contribution in [1.82, 2.24) is 15.0 Å². The minimum atomic E-state index is -2.72. The molecule has 0 atom stereocenters. The molecule has 0 aliphatic carbocycles. The summed E-state index contributed by atoms with van der Waals surface area (Å²) in [5, 5.41) is 11.2. The molecule has 0 bridgehead atoms. The summed E-state index contributed by atoms with van der Waals surface area (Å²) in [4.78, 5) is 22.9. The lowest BCUT2D eigenvalue weighted by molar-refractivity contribution is 0.102. The maximum absolute atomic E-state index is 12.7. The van der Waals surface area contributed by atoms with Gasteiger partial charge in [0.1, 0.15) is 0 Å². The molecule has 7 nitrogen and oxygen atoms in total. The predicted molar refractivity (Wildman–Crippen MR) is 93.6 cm³/mol. The predicted octanol–water partition coefficient (Wildman–Crippen LogP) is 3.83. The van der Waals surface area contributed by atoms with Crippen LogP contribution in [0.1, 0.15) is 35.4 Å². The van der Waals surface area contributed by atoms with Gasteiger partial charge in [0.15, 0.2) is 17.4 Å². The van der Waals surface area contributed by atoms with Crippen LogP contribution in [0.25, 0.3) is 11.0 Å². The van der Waals surface area contributed by atoms with Crippen LogP contribution in [0.4, 0.5) is 14.6 Å². The highest BCUT2D eigenvalue weighted by Gasteiger charge is 2.15. The zero-order valence-corrected chi connectivity index (χ0v) is 14.1. The van der Waals surface area contributed by atoms with Crippen molar-refractivity contribution in [2.24, 2.45) is 0 Å². The molecule has 0 unspecified atom stereocenters. The van der Waals surface area contributed by atoms with Gasteiger partial charge in [0.05, 0.1) is 23.7 Å². The van der Waals surface area contributed by atoms with Crippen molar-refractivity contribution in [1.29, 1.82) is 5.26 Å². The topological polar surface area (TPSA) is 104 Å². The minimum Gasteiger partial charge on any atom is -0.490 e. The van der Waals surface area contributed by atoms with Crippen LogP contribution in [0.15, 0.2) is 36.5 Å². The van der Waals surface area contributed by atoms with E-state index in [2.05, 4.69) is 20.3 Å². The average Bonchev–Trinajstić information content (AvgIpc) is 3.10. The van der Waals surface area contributed by atoms with Gasteiger partial charge in [0.2, 0.25) is 0 Å². The third kappa shape index (κ3) is 4.36. The average molecular weight is 371 g/mol. The maximum Gasteiger partial charge on any atom is 0.295 e. The minimum absolute atomic E-state index is 0.234. The van der Waals surface area contributed by atoms with Gasteiger partial charge in [0.25, 0.3) is 12.3 Å². The first-order valence-corrected chi connectivity index (χ1v) is 8.12. The first-order chi connectivity index (χ1) is 13.1. The van der Waals surface area contributed by atoms with E-state index >= 15 is 0 Å². The lowest BCUT2D eigenvalue weighted by Crippen LogP contribution is -2.14. The van der Waals surface area contributed by atoms with E-state index in [9.17, 15) is 13.6 Å². The number of hydrogen-bond donors (Lipinski definition) is 2. The van der Waals surface area contributed by atoms with E-state index < -0.39 is 18.2 Å². The molecule has 2 heterocycles. The Morgan fingerprint density at radius 2 is 2.22 bits per heavy atom. The van der Waals surface area contributed by atoms with Gasteiger partial charge in [0, 0.05) is 18.2 Å². The van der Waals surface area contributed by atoms with Gasteiger partial charge < -0.3 is 15.0 Å². The number of amides is 1. The van der Waals surface area contributed by atoms with E-state index in [1.807, 2.05) is 6.07 Å². The number of anilines is 1. The number of nitriles is 1. The number of hydrogen-bond acceptors (Lipinski definition) is 5. The number of H-pyrrole nitrogens is 1. The van der Waals surface area contributed by atoms with E-state index in [1.165, 1.54) is 24.4 Å². The Balaban J connectivity index is 1.75. The molecular weight excluding hydrogens is 356 g/mol. The van der Waals surface area contributed by atoms with Crippen LogP contribution in [-0.4, -0.2) is 27.5 Å². The van der Waals surface area contributed by atoms with Crippen LogP contribution in [0.2, 0.25) is 0 Å². The maximum atomic E-state index is 12.7. The summed E-state index contributed by atoms with van der Waals surface area (Å²) in [5.41, 5.74) is 0.946. The summed E-state index contributed by atoms with van der Waals surface area (Å²) in [6.07, 6.45) is -0.289. The van der Waals surface area contributed by atoms with E-state index in [0.29, 0.717) is 36.2 Å². The molecule has 0 saturated heterocycles. The Hall–Kier alpha value is -3.54. The number of rotatable bonds is 7. The standard InChI is InChI=1S/C18H15F2N5O2/c19-15(20)17-23-12-6-5-11(10-13(12)24-17)18(26)25-16-14(4-3-8-22-16)27-9-2-1-7-21/h3-6,8,10,15H,1-2,9H2,(H,23,24)(H,22,25,26). The third-order valence-electron chi connectivity index (χ3n) is 3.66. The van der Waals surface area contributed by atoms with Gasteiger partial charge in [-0.2, -0.15) is 5.26 Å². The van der Waals surface area contributed by atoms with Gasteiger partial charge in [-0.05, 0) is 36.8 Å². The van der Waals surface area contributed by atoms with Crippen molar-refractivity contribution >= 4 is 22.8 Å². The van der Waals surface area contributed by atoms with Crippen LogP contribution in [0.5, 0.6) is 5.75 Å². The summed E-state index contributed by atoms with van der Waals surface area (Å²) in [5.74, 6) is -0.296. The fourth-order valence-corrected chi connectivity index (χ4v) is 2.39. The molecular formula is C18H15F2N5O2. The number of ether oxygens (including phenoxy) is 1. The number of nitrogens with zero attached hydrogens (tertiary/aromatic N) is 3. The summed E-state index contributed by atoms with van der Waals surface area (Å²) in [6.45, 7) is 0.318. The van der Waals surface area contributed by atoms with Gasteiger partial charge in [-0.1, -0.05) is 0 Å². The summed E-state index contributed by atoms with van der Waals surface area (Å²) < 4.78 is 31.0. The lowest BCUT2D eigenvalue weighted by Gasteiger charge is -2.11. The zero-order valence-electron chi connectivity index (χ0n) is 14.1. The molecule has 0 fully saturated rings. The molecule has 138 valence electrons. The molecule has 1 aromatic carbocycles. The van der Waals surface area contributed by atoms with Crippen molar-refractivity contribution in [3.05, 3.63) is 47.9 Å². The van der Waals surface area contributed by atoms with Gasteiger partial charge in [-0.3, -0.25) is 4.79 Å². The number of fused-ring (bicyclic) bond motifs is 1. The summed E-state index contributed by atoms with van der Waals surface area (Å²) in [7, 11) is 0.